The Morgan fingerprint density at radius 2 is 1.85 bits per heavy atom. The number of amides is 1. The van der Waals surface area contributed by atoms with E-state index >= 15 is 0 Å². The molecule has 1 aliphatic rings. The van der Waals surface area contributed by atoms with Crippen molar-refractivity contribution in [1.82, 2.24) is 14.8 Å². The first-order valence-corrected chi connectivity index (χ1v) is 9.29. The van der Waals surface area contributed by atoms with Crippen LogP contribution in [0.2, 0.25) is 0 Å². The van der Waals surface area contributed by atoms with Crippen LogP contribution in [0.5, 0.6) is 0 Å². The van der Waals surface area contributed by atoms with Gasteiger partial charge in [-0.1, -0.05) is 12.1 Å². The lowest BCUT2D eigenvalue weighted by molar-refractivity contribution is -0.00966. The lowest BCUT2D eigenvalue weighted by Gasteiger charge is -2.44. The second kappa shape index (κ2) is 7.23. The number of benzene rings is 1. The second-order valence-corrected chi connectivity index (χ2v) is 8.31. The van der Waals surface area contributed by atoms with Gasteiger partial charge in [0.15, 0.2) is 0 Å². The molecule has 3 rings (SSSR count). The molecule has 1 saturated heterocycles. The molecular weight excluding hydrogens is 326 g/mol. The highest BCUT2D eigenvalue weighted by molar-refractivity contribution is 5.82. The van der Waals surface area contributed by atoms with Crippen LogP contribution in [-0.4, -0.2) is 51.7 Å². The molecule has 140 valence electrons. The van der Waals surface area contributed by atoms with Crippen molar-refractivity contribution in [2.75, 3.05) is 13.1 Å². The summed E-state index contributed by atoms with van der Waals surface area (Å²) in [6.45, 7) is 12.3. The summed E-state index contributed by atoms with van der Waals surface area (Å²) < 4.78 is 5.54. The lowest BCUT2D eigenvalue weighted by atomic mass is 10.0. The van der Waals surface area contributed by atoms with Crippen LogP contribution in [0.4, 0.5) is 4.79 Å². The van der Waals surface area contributed by atoms with Gasteiger partial charge >= 0.3 is 6.09 Å². The van der Waals surface area contributed by atoms with Crippen molar-refractivity contribution in [2.24, 2.45) is 0 Å². The topological polar surface area (TPSA) is 45.7 Å². The number of nitrogens with zero attached hydrogens (tertiary/aromatic N) is 3. The summed E-state index contributed by atoms with van der Waals surface area (Å²) in [6.07, 6.45) is 3.51. The van der Waals surface area contributed by atoms with Gasteiger partial charge in [0.1, 0.15) is 5.60 Å². The fraction of sp³-hybridized carbons (Fsp3) is 0.524. The predicted octanol–water partition coefficient (Wildman–Crippen LogP) is 4.06. The van der Waals surface area contributed by atoms with E-state index in [0.717, 1.165) is 11.9 Å². The zero-order chi connectivity index (χ0) is 18.9. The van der Waals surface area contributed by atoms with E-state index in [9.17, 15) is 4.79 Å². The molecule has 1 aromatic carbocycles. The molecule has 5 nitrogen and oxygen atoms in total. The molecule has 2 aromatic rings. The fourth-order valence-electron chi connectivity index (χ4n) is 3.59. The third-order valence-corrected chi connectivity index (χ3v) is 4.82. The maximum atomic E-state index is 12.4. The van der Waals surface area contributed by atoms with Crippen LogP contribution in [-0.2, 0) is 11.3 Å². The number of rotatable bonds is 2. The number of aromatic nitrogens is 1. The van der Waals surface area contributed by atoms with Crippen molar-refractivity contribution in [3.8, 4) is 0 Å². The Balaban J connectivity index is 1.68. The second-order valence-electron chi connectivity index (χ2n) is 8.31. The fourth-order valence-corrected chi connectivity index (χ4v) is 3.59. The average molecular weight is 355 g/mol. The molecule has 5 heteroatoms. The molecule has 26 heavy (non-hydrogen) atoms. The van der Waals surface area contributed by atoms with Crippen molar-refractivity contribution in [2.45, 2.75) is 58.8 Å². The standard InChI is InChI=1S/C21H29N3O2/c1-15-12-23(20(25)26-21(3,4)5)13-16(2)24(15)14-17-6-7-19-11-22-9-8-18(19)10-17/h6-11,15-16H,12-14H2,1-5H3/t15-,16-/m1/s1. The minimum Gasteiger partial charge on any atom is -0.444 e. The van der Waals surface area contributed by atoms with Crippen LogP contribution in [0.15, 0.2) is 36.7 Å². The Morgan fingerprint density at radius 3 is 2.50 bits per heavy atom. The Morgan fingerprint density at radius 1 is 1.15 bits per heavy atom. The molecule has 1 amide bonds. The summed E-state index contributed by atoms with van der Waals surface area (Å²) in [5, 5.41) is 2.37. The molecule has 2 atom stereocenters. The van der Waals surface area contributed by atoms with Gasteiger partial charge in [0.2, 0.25) is 0 Å². The average Bonchev–Trinajstić information content (AvgIpc) is 2.56. The van der Waals surface area contributed by atoms with Crippen molar-refractivity contribution < 1.29 is 9.53 Å². The Kier molecular flexibility index (Phi) is 5.19. The third kappa shape index (κ3) is 4.33. The molecule has 0 radical (unpaired) electrons. The van der Waals surface area contributed by atoms with E-state index in [0.29, 0.717) is 13.1 Å². The van der Waals surface area contributed by atoms with Gasteiger partial charge in [0.25, 0.3) is 0 Å². The zero-order valence-electron chi connectivity index (χ0n) is 16.4. The summed E-state index contributed by atoms with van der Waals surface area (Å²) in [6, 6.07) is 9.13. The monoisotopic (exact) mass is 355 g/mol. The largest absolute Gasteiger partial charge is 0.444 e. The summed E-state index contributed by atoms with van der Waals surface area (Å²) in [5.74, 6) is 0. The molecule has 1 aliphatic heterocycles. The van der Waals surface area contributed by atoms with Crippen molar-refractivity contribution >= 4 is 16.9 Å². The van der Waals surface area contributed by atoms with Gasteiger partial charge < -0.3 is 9.64 Å². The summed E-state index contributed by atoms with van der Waals surface area (Å²) in [4.78, 5) is 20.9. The first kappa shape index (κ1) is 18.6. The number of carbonyl (C=O) groups is 1. The maximum Gasteiger partial charge on any atom is 0.410 e. The Hall–Kier alpha value is -2.14. The first-order chi connectivity index (χ1) is 12.2. The highest BCUT2D eigenvalue weighted by atomic mass is 16.6. The van der Waals surface area contributed by atoms with E-state index in [4.69, 9.17) is 4.74 Å². The molecule has 0 aliphatic carbocycles. The molecule has 2 heterocycles. The van der Waals surface area contributed by atoms with Gasteiger partial charge in [-0.15, -0.1) is 0 Å². The highest BCUT2D eigenvalue weighted by Crippen LogP contribution is 2.22. The van der Waals surface area contributed by atoms with E-state index in [-0.39, 0.29) is 18.2 Å². The van der Waals surface area contributed by atoms with Crippen molar-refractivity contribution in [3.63, 3.8) is 0 Å². The third-order valence-electron chi connectivity index (χ3n) is 4.82. The van der Waals surface area contributed by atoms with Crippen LogP contribution in [0.3, 0.4) is 0 Å². The minimum absolute atomic E-state index is 0.214. The van der Waals surface area contributed by atoms with E-state index in [1.165, 1.54) is 10.9 Å². The van der Waals surface area contributed by atoms with Gasteiger partial charge in [0, 0.05) is 49.5 Å². The number of pyridine rings is 1. The molecule has 0 saturated carbocycles. The van der Waals surface area contributed by atoms with Gasteiger partial charge in [-0.3, -0.25) is 9.88 Å². The van der Waals surface area contributed by atoms with E-state index in [1.54, 1.807) is 0 Å². The molecule has 0 N–H and O–H groups in total. The van der Waals surface area contributed by atoms with E-state index in [2.05, 4.69) is 41.9 Å². The van der Waals surface area contributed by atoms with Crippen LogP contribution >= 0.6 is 0 Å². The Bertz CT molecular complexity index is 772. The SMILES string of the molecule is C[C@@H]1CN(C(=O)OC(C)(C)C)C[C@@H](C)N1Cc1ccc2cnccc2c1. The number of piperazine rings is 1. The van der Waals surface area contributed by atoms with Gasteiger partial charge in [0.05, 0.1) is 0 Å². The van der Waals surface area contributed by atoms with Crippen LogP contribution in [0, 0.1) is 0 Å². The number of ether oxygens (including phenoxy) is 1. The number of hydrogen-bond donors (Lipinski definition) is 0. The first-order valence-electron chi connectivity index (χ1n) is 9.29. The van der Waals surface area contributed by atoms with Gasteiger partial charge in [-0.05, 0) is 57.7 Å². The summed E-state index contributed by atoms with van der Waals surface area (Å²) in [7, 11) is 0. The Labute approximate surface area is 156 Å². The summed E-state index contributed by atoms with van der Waals surface area (Å²) in [5.41, 5.74) is 0.828. The zero-order valence-corrected chi connectivity index (χ0v) is 16.4. The number of hydrogen-bond acceptors (Lipinski definition) is 4. The number of fused-ring (bicyclic) bond motifs is 1. The summed E-state index contributed by atoms with van der Waals surface area (Å²) >= 11 is 0. The lowest BCUT2D eigenvalue weighted by Crippen LogP contribution is -2.58. The number of carbonyl (C=O) groups excluding carboxylic acids is 1. The smallest absolute Gasteiger partial charge is 0.410 e. The van der Waals surface area contributed by atoms with Crippen LogP contribution < -0.4 is 0 Å². The van der Waals surface area contributed by atoms with Gasteiger partial charge in [-0.2, -0.15) is 0 Å². The molecule has 0 bridgehead atoms. The molecule has 0 unspecified atom stereocenters. The van der Waals surface area contributed by atoms with Crippen LogP contribution in [0.1, 0.15) is 40.2 Å². The van der Waals surface area contributed by atoms with E-state index in [1.807, 2.05) is 44.1 Å². The molecule has 0 spiro atoms. The molecular formula is C21H29N3O2. The van der Waals surface area contributed by atoms with Gasteiger partial charge in [-0.25, -0.2) is 4.79 Å². The predicted molar refractivity (Wildman–Crippen MR) is 104 cm³/mol. The van der Waals surface area contributed by atoms with Crippen molar-refractivity contribution in [3.05, 3.63) is 42.2 Å². The molecule has 1 fully saturated rings. The van der Waals surface area contributed by atoms with E-state index < -0.39 is 5.60 Å². The minimum atomic E-state index is -0.458. The van der Waals surface area contributed by atoms with Crippen molar-refractivity contribution in [1.29, 1.82) is 0 Å². The molecule has 1 aromatic heterocycles. The van der Waals surface area contributed by atoms with Crippen LogP contribution in [0.25, 0.3) is 10.8 Å². The highest BCUT2D eigenvalue weighted by Gasteiger charge is 2.33. The maximum absolute atomic E-state index is 12.4. The quantitative estimate of drug-likeness (QED) is 0.815. The normalized spacial score (nSPS) is 21.8.